The van der Waals surface area contributed by atoms with Crippen LogP contribution in [0, 0.1) is 18.3 Å². The van der Waals surface area contributed by atoms with Crippen molar-refractivity contribution in [3.05, 3.63) is 58.8 Å². The van der Waals surface area contributed by atoms with E-state index in [1.165, 1.54) is 0 Å². The fraction of sp³-hybridized carbons (Fsp3) is 0.133. The van der Waals surface area contributed by atoms with Crippen LogP contribution in [0.15, 0.2) is 47.1 Å². The average Bonchev–Trinajstić information content (AvgIpc) is 2.78. The molecule has 2 amide bonds. The Kier molecular flexibility index (Phi) is 2.53. The van der Waals surface area contributed by atoms with Gasteiger partial charge < -0.3 is 5.32 Å². The lowest BCUT2D eigenvalue weighted by molar-refractivity contribution is 0.253. The van der Waals surface area contributed by atoms with Crippen LogP contribution in [0.3, 0.4) is 0 Å². The number of rotatable bonds is 1. The van der Waals surface area contributed by atoms with Gasteiger partial charge in [-0.1, -0.05) is 12.1 Å². The number of allylic oxidation sites excluding steroid dienone is 3. The summed E-state index contributed by atoms with van der Waals surface area (Å²) in [5.74, 6) is 0.0562. The zero-order chi connectivity index (χ0) is 13.4. The Bertz CT molecular complexity index is 705. The fourth-order valence-corrected chi connectivity index (χ4v) is 2.32. The van der Waals surface area contributed by atoms with Gasteiger partial charge in [0.15, 0.2) is 0 Å². The number of nitrogens with one attached hydrogen (secondary N) is 1. The molecule has 0 aromatic heterocycles. The average molecular weight is 249 g/mol. The summed E-state index contributed by atoms with van der Waals surface area (Å²) in [4.78, 5) is 15.1. The van der Waals surface area contributed by atoms with E-state index >= 15 is 0 Å². The van der Waals surface area contributed by atoms with Gasteiger partial charge in [-0.05, 0) is 42.3 Å². The summed E-state index contributed by atoms with van der Waals surface area (Å²) in [7, 11) is 0. The SMILES string of the molecule is Cc1ccc(C#N)cc1C1C=CC2=NC(=O)NC2=C1. The molecule has 1 heterocycles. The maximum Gasteiger partial charge on any atom is 0.346 e. The van der Waals surface area contributed by atoms with E-state index in [9.17, 15) is 4.79 Å². The van der Waals surface area contributed by atoms with Gasteiger partial charge in [0.05, 0.1) is 23.0 Å². The van der Waals surface area contributed by atoms with Crippen molar-refractivity contribution < 1.29 is 4.79 Å². The Morgan fingerprint density at radius 3 is 3.05 bits per heavy atom. The number of carbonyl (C=O) groups is 1. The summed E-state index contributed by atoms with van der Waals surface area (Å²) in [6.45, 7) is 2.01. The monoisotopic (exact) mass is 249 g/mol. The molecule has 0 fully saturated rings. The van der Waals surface area contributed by atoms with E-state index < -0.39 is 0 Å². The topological polar surface area (TPSA) is 65.2 Å². The summed E-state index contributed by atoms with van der Waals surface area (Å²) in [6, 6.07) is 7.46. The van der Waals surface area contributed by atoms with Crippen LogP contribution in [-0.2, 0) is 0 Å². The van der Waals surface area contributed by atoms with E-state index in [1.807, 2.05) is 43.4 Å². The molecule has 0 radical (unpaired) electrons. The lowest BCUT2D eigenvalue weighted by Crippen LogP contribution is -2.17. The third-order valence-electron chi connectivity index (χ3n) is 3.31. The minimum atomic E-state index is -0.325. The van der Waals surface area contributed by atoms with Gasteiger partial charge >= 0.3 is 6.03 Å². The molecule has 1 aliphatic carbocycles. The van der Waals surface area contributed by atoms with Crippen LogP contribution in [-0.4, -0.2) is 11.7 Å². The molecule has 1 aromatic rings. The molecular formula is C15H11N3O. The molecular weight excluding hydrogens is 238 g/mol. The molecule has 3 rings (SSSR count). The van der Waals surface area contributed by atoms with E-state index in [0.717, 1.165) is 16.8 Å². The van der Waals surface area contributed by atoms with Crippen LogP contribution in [0.1, 0.15) is 22.6 Å². The number of hydrogen-bond acceptors (Lipinski definition) is 2. The summed E-state index contributed by atoms with van der Waals surface area (Å²) in [5.41, 5.74) is 4.26. The van der Waals surface area contributed by atoms with Crippen molar-refractivity contribution in [2.24, 2.45) is 4.99 Å². The summed E-state index contributed by atoms with van der Waals surface area (Å²) >= 11 is 0. The molecule has 2 aliphatic rings. The molecule has 0 bridgehead atoms. The van der Waals surface area contributed by atoms with Gasteiger partial charge in [-0.3, -0.25) is 0 Å². The minimum absolute atomic E-state index is 0.0562. The molecule has 0 spiro atoms. The molecule has 19 heavy (non-hydrogen) atoms. The van der Waals surface area contributed by atoms with Crippen molar-refractivity contribution in [1.29, 1.82) is 5.26 Å². The Hall–Kier alpha value is -2.67. The van der Waals surface area contributed by atoms with Crippen molar-refractivity contribution in [3.63, 3.8) is 0 Å². The van der Waals surface area contributed by atoms with Gasteiger partial charge in [0.1, 0.15) is 0 Å². The van der Waals surface area contributed by atoms with Crippen molar-refractivity contribution in [2.45, 2.75) is 12.8 Å². The molecule has 4 heteroatoms. The third kappa shape index (κ3) is 1.95. The quantitative estimate of drug-likeness (QED) is 0.831. The molecule has 92 valence electrons. The number of nitrogens with zero attached hydrogens (tertiary/aromatic N) is 2. The van der Waals surface area contributed by atoms with Gasteiger partial charge in [-0.15, -0.1) is 0 Å². The number of aryl methyl sites for hydroxylation is 1. The predicted molar refractivity (Wildman–Crippen MR) is 71.8 cm³/mol. The van der Waals surface area contributed by atoms with Crippen molar-refractivity contribution in [2.75, 3.05) is 0 Å². The highest BCUT2D eigenvalue weighted by Gasteiger charge is 2.23. The van der Waals surface area contributed by atoms with Crippen molar-refractivity contribution >= 4 is 11.7 Å². The van der Waals surface area contributed by atoms with Crippen LogP contribution in [0.2, 0.25) is 0 Å². The maximum absolute atomic E-state index is 11.2. The number of aliphatic imine (C=N–C) groups is 1. The Morgan fingerprint density at radius 1 is 1.42 bits per heavy atom. The van der Waals surface area contributed by atoms with E-state index in [4.69, 9.17) is 5.26 Å². The molecule has 0 saturated heterocycles. The number of carbonyl (C=O) groups excluding carboxylic acids is 1. The van der Waals surface area contributed by atoms with E-state index in [-0.39, 0.29) is 11.9 Å². The molecule has 1 N–H and O–H groups in total. The number of benzene rings is 1. The van der Waals surface area contributed by atoms with Gasteiger partial charge in [-0.25, -0.2) is 4.79 Å². The molecule has 1 unspecified atom stereocenters. The Labute approximate surface area is 110 Å². The summed E-state index contributed by atoms with van der Waals surface area (Å²) in [5, 5.41) is 11.7. The van der Waals surface area contributed by atoms with Crippen LogP contribution >= 0.6 is 0 Å². The second-order valence-corrected chi connectivity index (χ2v) is 4.58. The normalized spacial score (nSPS) is 20.2. The first kappa shape index (κ1) is 11.4. The number of fused-ring (bicyclic) bond motifs is 1. The van der Waals surface area contributed by atoms with Crippen molar-refractivity contribution in [3.8, 4) is 6.07 Å². The first-order valence-corrected chi connectivity index (χ1v) is 5.98. The van der Waals surface area contributed by atoms with Crippen LogP contribution in [0.25, 0.3) is 0 Å². The summed E-state index contributed by atoms with van der Waals surface area (Å²) < 4.78 is 0. The Morgan fingerprint density at radius 2 is 2.26 bits per heavy atom. The van der Waals surface area contributed by atoms with Gasteiger partial charge in [0.25, 0.3) is 0 Å². The van der Waals surface area contributed by atoms with E-state index in [0.29, 0.717) is 11.3 Å². The van der Waals surface area contributed by atoms with Gasteiger partial charge in [-0.2, -0.15) is 10.3 Å². The van der Waals surface area contributed by atoms with Crippen LogP contribution < -0.4 is 5.32 Å². The van der Waals surface area contributed by atoms with Gasteiger partial charge in [0.2, 0.25) is 0 Å². The molecule has 1 aliphatic heterocycles. The van der Waals surface area contributed by atoms with Gasteiger partial charge in [0, 0.05) is 5.92 Å². The highest BCUT2D eigenvalue weighted by Crippen LogP contribution is 2.28. The fourth-order valence-electron chi connectivity index (χ4n) is 2.32. The highest BCUT2D eigenvalue weighted by atomic mass is 16.2. The first-order chi connectivity index (χ1) is 9.17. The molecule has 1 aromatic carbocycles. The van der Waals surface area contributed by atoms with E-state index in [1.54, 1.807) is 0 Å². The second kappa shape index (κ2) is 4.21. The summed E-state index contributed by atoms with van der Waals surface area (Å²) in [6.07, 6.45) is 5.80. The highest BCUT2D eigenvalue weighted by molar-refractivity contribution is 6.19. The predicted octanol–water partition coefficient (Wildman–Crippen LogP) is 2.57. The number of hydrogen-bond donors (Lipinski definition) is 1. The standard InChI is InChI=1S/C15H11N3O/c1-9-2-3-10(8-16)6-12(9)11-4-5-13-14(7-11)18-15(19)17-13/h2-7,11H,1H3,(H,18,19). The van der Waals surface area contributed by atoms with Crippen LogP contribution in [0.5, 0.6) is 0 Å². The van der Waals surface area contributed by atoms with Crippen LogP contribution in [0.4, 0.5) is 4.79 Å². The second-order valence-electron chi connectivity index (χ2n) is 4.58. The largest absolute Gasteiger partial charge is 0.346 e. The third-order valence-corrected chi connectivity index (χ3v) is 3.31. The minimum Gasteiger partial charge on any atom is -0.304 e. The van der Waals surface area contributed by atoms with Crippen molar-refractivity contribution in [1.82, 2.24) is 5.32 Å². The maximum atomic E-state index is 11.2. The smallest absolute Gasteiger partial charge is 0.304 e. The zero-order valence-corrected chi connectivity index (χ0v) is 10.3. The lowest BCUT2D eigenvalue weighted by atomic mass is 9.89. The first-order valence-electron chi connectivity index (χ1n) is 5.98. The number of nitriles is 1. The Balaban J connectivity index is 2.02. The number of amides is 2. The lowest BCUT2D eigenvalue weighted by Gasteiger charge is -2.16. The molecule has 0 saturated carbocycles. The zero-order valence-electron chi connectivity index (χ0n) is 10.3. The molecule has 1 atom stereocenters. The number of urea groups is 1. The molecule has 4 nitrogen and oxygen atoms in total. The van der Waals surface area contributed by atoms with E-state index in [2.05, 4.69) is 16.4 Å².